The molecule has 0 heterocycles. The molecule has 4 unspecified atom stereocenters. The summed E-state index contributed by atoms with van der Waals surface area (Å²) in [7, 11) is 0. The molecule has 0 aromatic rings. The van der Waals surface area contributed by atoms with Crippen molar-refractivity contribution in [3.63, 3.8) is 0 Å². The number of hydrogen-bond acceptors (Lipinski definition) is 7. The molecule has 4 atom stereocenters. The number of nitrogens with zero attached hydrogens (tertiary/aromatic N) is 1. The molecule has 0 fully saturated rings. The maximum absolute atomic E-state index is 12.8. The average Bonchev–Trinajstić information content (AvgIpc) is 2.71. The summed E-state index contributed by atoms with van der Waals surface area (Å²) < 4.78 is 0. The van der Waals surface area contributed by atoms with Gasteiger partial charge in [-0.2, -0.15) is 0 Å². The monoisotopic (exact) mass is 459 g/mol. The Hall–Kier alpha value is -3.42. The molecular weight excluding hydrogens is 426 g/mol. The maximum Gasteiger partial charge on any atom is 0.326 e. The van der Waals surface area contributed by atoms with Crippen LogP contribution in [0.3, 0.4) is 0 Å². The van der Waals surface area contributed by atoms with Gasteiger partial charge >= 0.3 is 11.9 Å². The van der Waals surface area contributed by atoms with Gasteiger partial charge in [-0.3, -0.25) is 24.2 Å². The van der Waals surface area contributed by atoms with E-state index in [1.54, 1.807) is 13.8 Å². The van der Waals surface area contributed by atoms with Crippen molar-refractivity contribution in [1.29, 1.82) is 0 Å². The van der Waals surface area contributed by atoms with Crippen LogP contribution in [0.25, 0.3) is 0 Å². The number of hydrogen-bond donors (Lipinski definition) is 8. The normalized spacial score (nSPS) is 14.2. The molecule has 0 rings (SSSR count). The Balaban J connectivity index is 5.45. The number of nitrogens with one attached hydrogen (secondary N) is 3. The first-order chi connectivity index (χ1) is 14.9. The largest absolute Gasteiger partial charge is 0.481 e. The van der Waals surface area contributed by atoms with Crippen LogP contribution in [-0.4, -0.2) is 77.0 Å². The van der Waals surface area contributed by atoms with Crippen LogP contribution in [0.4, 0.5) is 0 Å². The zero-order valence-corrected chi connectivity index (χ0v) is 18.2. The van der Waals surface area contributed by atoms with Gasteiger partial charge in [0.05, 0.1) is 13.0 Å². The highest BCUT2D eigenvalue weighted by atomic mass is 16.4. The topological polar surface area (TPSA) is 252 Å². The summed E-state index contributed by atoms with van der Waals surface area (Å²) in [5.41, 5.74) is 15.8. The second-order valence-corrected chi connectivity index (χ2v) is 7.14. The van der Waals surface area contributed by atoms with Gasteiger partial charge in [0, 0.05) is 6.54 Å². The molecule has 0 aliphatic heterocycles. The molecule has 3 amide bonds. The number of carbonyl (C=O) groups is 5. The maximum atomic E-state index is 12.8. The second kappa shape index (κ2) is 14.6. The van der Waals surface area contributed by atoms with E-state index in [1.165, 1.54) is 0 Å². The third kappa shape index (κ3) is 11.1. The first-order valence-corrected chi connectivity index (χ1v) is 10.0. The average molecular weight is 460 g/mol. The molecule has 0 aliphatic carbocycles. The summed E-state index contributed by atoms with van der Waals surface area (Å²) >= 11 is 0. The van der Waals surface area contributed by atoms with Crippen LogP contribution in [-0.2, 0) is 24.0 Å². The van der Waals surface area contributed by atoms with E-state index in [9.17, 15) is 24.0 Å². The van der Waals surface area contributed by atoms with Crippen molar-refractivity contribution in [3.8, 4) is 0 Å². The zero-order chi connectivity index (χ0) is 24.8. The van der Waals surface area contributed by atoms with Crippen LogP contribution in [0.5, 0.6) is 0 Å². The fraction of sp³-hybridized carbons (Fsp3) is 0.667. The van der Waals surface area contributed by atoms with Crippen LogP contribution >= 0.6 is 0 Å². The Morgan fingerprint density at radius 2 is 1.59 bits per heavy atom. The molecule has 14 nitrogen and oxygen atoms in total. The van der Waals surface area contributed by atoms with Gasteiger partial charge in [-0.05, 0) is 18.8 Å². The van der Waals surface area contributed by atoms with E-state index in [2.05, 4.69) is 20.9 Å². The first kappa shape index (κ1) is 28.6. The van der Waals surface area contributed by atoms with Gasteiger partial charge in [0.1, 0.15) is 18.1 Å². The van der Waals surface area contributed by atoms with Crippen LogP contribution in [0.15, 0.2) is 4.99 Å². The third-order valence-corrected chi connectivity index (χ3v) is 4.57. The van der Waals surface area contributed by atoms with Crippen molar-refractivity contribution in [3.05, 3.63) is 0 Å². The summed E-state index contributed by atoms with van der Waals surface area (Å²) in [6.07, 6.45) is 0.0856. The fourth-order valence-corrected chi connectivity index (χ4v) is 2.62. The molecule has 32 heavy (non-hydrogen) atoms. The minimum Gasteiger partial charge on any atom is -0.481 e. The molecule has 11 N–H and O–H groups in total. The lowest BCUT2D eigenvalue weighted by molar-refractivity contribution is -0.147. The van der Waals surface area contributed by atoms with Crippen molar-refractivity contribution in [2.75, 3.05) is 13.1 Å². The number of carboxylic acids is 2. The van der Waals surface area contributed by atoms with E-state index in [0.29, 0.717) is 12.8 Å². The highest BCUT2D eigenvalue weighted by Gasteiger charge is 2.32. The molecule has 0 radical (unpaired) electrons. The quantitative estimate of drug-likeness (QED) is 0.0702. The van der Waals surface area contributed by atoms with Gasteiger partial charge in [0.2, 0.25) is 17.7 Å². The van der Waals surface area contributed by atoms with Crippen molar-refractivity contribution in [1.82, 2.24) is 16.0 Å². The van der Waals surface area contributed by atoms with E-state index in [4.69, 9.17) is 27.4 Å². The number of nitrogens with two attached hydrogens (primary N) is 3. The molecule has 0 aliphatic rings. The number of carbonyl (C=O) groups excluding carboxylic acids is 3. The molecule has 0 bridgehead atoms. The molecular formula is C18H33N7O7. The minimum atomic E-state index is -1.67. The molecule has 0 saturated heterocycles. The van der Waals surface area contributed by atoms with Crippen LogP contribution in [0, 0.1) is 5.92 Å². The summed E-state index contributed by atoms with van der Waals surface area (Å²) in [4.78, 5) is 63.1. The summed E-state index contributed by atoms with van der Waals surface area (Å²) in [5.74, 6) is -5.63. The highest BCUT2D eigenvalue weighted by Crippen LogP contribution is 2.10. The summed E-state index contributed by atoms with van der Waals surface area (Å²) in [5, 5.41) is 25.1. The van der Waals surface area contributed by atoms with E-state index < -0.39 is 60.1 Å². The Bertz CT molecular complexity index is 710. The lowest BCUT2D eigenvalue weighted by Crippen LogP contribution is -2.58. The Morgan fingerprint density at radius 1 is 0.969 bits per heavy atom. The molecule has 0 aromatic heterocycles. The van der Waals surface area contributed by atoms with E-state index in [0.717, 1.165) is 0 Å². The number of rotatable bonds is 15. The lowest BCUT2D eigenvalue weighted by atomic mass is 9.97. The SMILES string of the molecule is CCC(C)C(NC(=O)C(CCCN=C(N)N)NC(=O)CN)C(=O)NC(CC(=O)O)C(=O)O. The van der Waals surface area contributed by atoms with Gasteiger partial charge < -0.3 is 43.4 Å². The molecule has 182 valence electrons. The van der Waals surface area contributed by atoms with Gasteiger partial charge in [0.15, 0.2) is 5.96 Å². The fourth-order valence-electron chi connectivity index (χ4n) is 2.62. The van der Waals surface area contributed by atoms with Gasteiger partial charge in [-0.25, -0.2) is 4.79 Å². The Labute approximate surface area is 185 Å². The standard InChI is InChI=1S/C18H33N7O7/c1-3-9(2)14(16(30)24-11(17(31)32)7-13(27)28)25-15(29)10(23-12(26)8-19)5-4-6-22-18(20)21/h9-11,14H,3-8,19H2,1-2H3,(H,23,26)(H,24,30)(H,25,29)(H,27,28)(H,31,32)(H4,20,21,22). The summed E-state index contributed by atoms with van der Waals surface area (Å²) in [6.45, 7) is 3.26. The number of guanidine groups is 1. The van der Waals surface area contributed by atoms with E-state index >= 15 is 0 Å². The second-order valence-electron chi connectivity index (χ2n) is 7.14. The van der Waals surface area contributed by atoms with Crippen molar-refractivity contribution in [2.24, 2.45) is 28.1 Å². The molecule has 14 heteroatoms. The minimum absolute atomic E-state index is 0.125. The number of aliphatic imine (C=N–C) groups is 1. The predicted octanol–water partition coefficient (Wildman–Crippen LogP) is -2.94. The van der Waals surface area contributed by atoms with Crippen LogP contribution in [0.1, 0.15) is 39.5 Å². The number of amides is 3. The van der Waals surface area contributed by atoms with Gasteiger partial charge in [-0.1, -0.05) is 20.3 Å². The summed E-state index contributed by atoms with van der Waals surface area (Å²) in [6, 6.07) is -3.89. The first-order valence-electron chi connectivity index (χ1n) is 10.0. The van der Waals surface area contributed by atoms with Gasteiger partial charge in [0.25, 0.3) is 0 Å². The third-order valence-electron chi connectivity index (χ3n) is 4.57. The zero-order valence-electron chi connectivity index (χ0n) is 18.2. The van der Waals surface area contributed by atoms with Gasteiger partial charge in [-0.15, -0.1) is 0 Å². The molecule has 0 aromatic carbocycles. The Kier molecular flexibility index (Phi) is 13.0. The van der Waals surface area contributed by atoms with Crippen molar-refractivity contribution >= 4 is 35.6 Å². The smallest absolute Gasteiger partial charge is 0.326 e. The van der Waals surface area contributed by atoms with E-state index in [1.807, 2.05) is 0 Å². The van der Waals surface area contributed by atoms with Crippen LogP contribution in [0.2, 0.25) is 0 Å². The predicted molar refractivity (Wildman–Crippen MR) is 114 cm³/mol. The molecule has 0 spiro atoms. The van der Waals surface area contributed by atoms with Crippen molar-refractivity contribution in [2.45, 2.75) is 57.7 Å². The van der Waals surface area contributed by atoms with Crippen molar-refractivity contribution < 1.29 is 34.2 Å². The molecule has 0 saturated carbocycles. The number of carboxylic acid groups (broad SMARTS) is 2. The number of aliphatic carboxylic acids is 2. The highest BCUT2D eigenvalue weighted by molar-refractivity contribution is 5.94. The van der Waals surface area contributed by atoms with Crippen LogP contribution < -0.4 is 33.2 Å². The Morgan fingerprint density at radius 3 is 2.06 bits per heavy atom. The lowest BCUT2D eigenvalue weighted by Gasteiger charge is -2.27. The van der Waals surface area contributed by atoms with E-state index in [-0.39, 0.29) is 25.5 Å².